The molecule has 1 aliphatic rings. The average Bonchev–Trinajstić information content (AvgIpc) is 2.43. The van der Waals surface area contributed by atoms with E-state index in [-0.39, 0.29) is 5.54 Å². The van der Waals surface area contributed by atoms with Gasteiger partial charge in [0.05, 0.1) is 0 Å². The van der Waals surface area contributed by atoms with Crippen LogP contribution in [-0.2, 0) is 6.54 Å². The molecule has 1 unspecified atom stereocenters. The Morgan fingerprint density at radius 2 is 2.00 bits per heavy atom. The summed E-state index contributed by atoms with van der Waals surface area (Å²) in [6, 6.07) is 7.51. The first kappa shape index (κ1) is 14.5. The van der Waals surface area contributed by atoms with Crippen molar-refractivity contribution >= 4 is 0 Å². The summed E-state index contributed by atoms with van der Waals surface area (Å²) in [4.78, 5) is 2.62. The summed E-state index contributed by atoms with van der Waals surface area (Å²) in [6.07, 6.45) is 1.23. The lowest BCUT2D eigenvalue weighted by Gasteiger charge is -2.33. The third-order valence-electron chi connectivity index (χ3n) is 4.34. The summed E-state index contributed by atoms with van der Waals surface area (Å²) in [5, 5.41) is 3.65. The van der Waals surface area contributed by atoms with E-state index < -0.39 is 0 Å². The van der Waals surface area contributed by atoms with Gasteiger partial charge in [0.15, 0.2) is 0 Å². The van der Waals surface area contributed by atoms with Gasteiger partial charge in [0.2, 0.25) is 0 Å². The topological polar surface area (TPSA) is 15.3 Å². The largest absolute Gasteiger partial charge is 0.310 e. The van der Waals surface area contributed by atoms with Gasteiger partial charge in [-0.1, -0.05) is 18.2 Å². The van der Waals surface area contributed by atoms with Crippen molar-refractivity contribution in [2.24, 2.45) is 0 Å². The fourth-order valence-corrected chi connectivity index (χ4v) is 2.87. The van der Waals surface area contributed by atoms with Crippen LogP contribution in [0.25, 0.3) is 0 Å². The van der Waals surface area contributed by atoms with Gasteiger partial charge >= 0.3 is 0 Å². The van der Waals surface area contributed by atoms with Crippen LogP contribution in [0.5, 0.6) is 0 Å². The Bertz CT molecular complexity index is 437. The molecule has 106 valence electrons. The van der Waals surface area contributed by atoms with Crippen molar-refractivity contribution in [1.29, 1.82) is 0 Å². The van der Waals surface area contributed by atoms with Crippen molar-refractivity contribution in [2.75, 3.05) is 13.1 Å². The third-order valence-corrected chi connectivity index (χ3v) is 4.34. The molecule has 19 heavy (non-hydrogen) atoms. The van der Waals surface area contributed by atoms with Crippen molar-refractivity contribution in [3.8, 4) is 0 Å². The second kappa shape index (κ2) is 5.64. The van der Waals surface area contributed by atoms with Crippen LogP contribution in [0.2, 0.25) is 0 Å². The highest BCUT2D eigenvalue weighted by Crippen LogP contribution is 2.19. The van der Waals surface area contributed by atoms with Crippen LogP contribution >= 0.6 is 0 Å². The molecule has 0 radical (unpaired) electrons. The summed E-state index contributed by atoms with van der Waals surface area (Å²) in [5.41, 5.74) is 4.43. The minimum atomic E-state index is 0.213. The molecule has 1 aromatic rings. The van der Waals surface area contributed by atoms with Crippen molar-refractivity contribution in [2.45, 2.75) is 59.2 Å². The fraction of sp³-hybridized carbons (Fsp3) is 0.647. The van der Waals surface area contributed by atoms with Gasteiger partial charge in [0.25, 0.3) is 0 Å². The summed E-state index contributed by atoms with van der Waals surface area (Å²) in [6.45, 7) is 14.6. The van der Waals surface area contributed by atoms with Gasteiger partial charge in [-0.2, -0.15) is 0 Å². The molecular formula is C17H28N2. The normalized spacial score (nSPS) is 24.2. The second-order valence-electron chi connectivity index (χ2n) is 6.77. The van der Waals surface area contributed by atoms with E-state index in [1.807, 2.05) is 0 Å². The number of rotatable bonds is 2. The number of hydrogen-bond acceptors (Lipinski definition) is 2. The zero-order valence-electron chi connectivity index (χ0n) is 13.1. The highest BCUT2D eigenvalue weighted by atomic mass is 15.2. The molecular weight excluding hydrogens is 232 g/mol. The molecule has 0 saturated carbocycles. The Hall–Kier alpha value is -0.860. The Kier molecular flexibility index (Phi) is 4.32. The molecule has 0 spiro atoms. The van der Waals surface area contributed by atoms with E-state index >= 15 is 0 Å². The van der Waals surface area contributed by atoms with E-state index in [4.69, 9.17) is 0 Å². The lowest BCUT2D eigenvalue weighted by molar-refractivity contribution is 0.173. The third kappa shape index (κ3) is 3.80. The fourth-order valence-electron chi connectivity index (χ4n) is 2.87. The Labute approximate surface area is 118 Å². The molecule has 0 bridgehead atoms. The predicted octanol–water partition coefficient (Wildman–Crippen LogP) is 3.27. The van der Waals surface area contributed by atoms with Crippen molar-refractivity contribution < 1.29 is 0 Å². The smallest absolute Gasteiger partial charge is 0.0252 e. The molecule has 1 N–H and O–H groups in total. The molecule has 1 fully saturated rings. The van der Waals surface area contributed by atoms with Crippen LogP contribution in [0.4, 0.5) is 0 Å². The molecule has 1 aliphatic heterocycles. The lowest BCUT2D eigenvalue weighted by atomic mass is 10.0. The SMILES string of the molecule is Cc1ccc(CN2CC(C)(C)NCCC2C)cc1C. The van der Waals surface area contributed by atoms with E-state index in [1.165, 1.54) is 23.1 Å². The van der Waals surface area contributed by atoms with Crippen molar-refractivity contribution in [3.63, 3.8) is 0 Å². The molecule has 2 rings (SSSR count). The van der Waals surface area contributed by atoms with Gasteiger partial charge < -0.3 is 5.32 Å². The first-order chi connectivity index (χ1) is 8.87. The number of aryl methyl sites for hydroxylation is 2. The predicted molar refractivity (Wildman–Crippen MR) is 82.5 cm³/mol. The second-order valence-corrected chi connectivity index (χ2v) is 6.77. The molecule has 1 heterocycles. The highest BCUT2D eigenvalue weighted by molar-refractivity contribution is 5.29. The van der Waals surface area contributed by atoms with Crippen molar-refractivity contribution in [1.82, 2.24) is 10.2 Å². The lowest BCUT2D eigenvalue weighted by Crippen LogP contribution is -2.47. The Morgan fingerprint density at radius 3 is 2.68 bits per heavy atom. The van der Waals surface area contributed by atoms with Gasteiger partial charge in [0.1, 0.15) is 0 Å². The van der Waals surface area contributed by atoms with Crippen LogP contribution in [0.1, 0.15) is 43.9 Å². The standard InChI is InChI=1S/C17H28N2/c1-13-6-7-16(10-14(13)2)11-19-12-17(4,5)18-9-8-15(19)3/h6-7,10,15,18H,8-9,11-12H2,1-5H3. The van der Waals surface area contributed by atoms with Crippen molar-refractivity contribution in [3.05, 3.63) is 34.9 Å². The Balaban J connectivity index is 2.12. The maximum Gasteiger partial charge on any atom is 0.0252 e. The van der Waals surface area contributed by atoms with Crippen LogP contribution in [-0.4, -0.2) is 29.6 Å². The number of hydrogen-bond donors (Lipinski definition) is 1. The highest BCUT2D eigenvalue weighted by Gasteiger charge is 2.27. The quantitative estimate of drug-likeness (QED) is 0.878. The first-order valence-electron chi connectivity index (χ1n) is 7.42. The molecule has 1 atom stereocenters. The van der Waals surface area contributed by atoms with Crippen LogP contribution in [0.3, 0.4) is 0 Å². The molecule has 2 heteroatoms. The molecule has 0 amide bonds. The van der Waals surface area contributed by atoms with Crippen LogP contribution < -0.4 is 5.32 Å². The van der Waals surface area contributed by atoms with Gasteiger partial charge in [-0.15, -0.1) is 0 Å². The maximum atomic E-state index is 3.65. The zero-order chi connectivity index (χ0) is 14.0. The number of nitrogens with one attached hydrogen (secondary N) is 1. The molecule has 2 nitrogen and oxygen atoms in total. The number of benzene rings is 1. The van der Waals surface area contributed by atoms with Gasteiger partial charge in [-0.3, -0.25) is 4.90 Å². The minimum Gasteiger partial charge on any atom is -0.310 e. The monoisotopic (exact) mass is 260 g/mol. The van der Waals surface area contributed by atoms with E-state index in [1.54, 1.807) is 0 Å². The maximum absolute atomic E-state index is 3.65. The first-order valence-corrected chi connectivity index (χ1v) is 7.42. The molecule has 0 aliphatic carbocycles. The van der Waals surface area contributed by atoms with E-state index in [0.717, 1.165) is 19.6 Å². The molecule has 1 saturated heterocycles. The summed E-state index contributed by atoms with van der Waals surface area (Å²) >= 11 is 0. The summed E-state index contributed by atoms with van der Waals surface area (Å²) < 4.78 is 0. The average molecular weight is 260 g/mol. The van der Waals surface area contributed by atoms with Gasteiger partial charge in [0, 0.05) is 24.7 Å². The Morgan fingerprint density at radius 1 is 1.26 bits per heavy atom. The number of nitrogens with zero attached hydrogens (tertiary/aromatic N) is 1. The van der Waals surface area contributed by atoms with E-state index in [0.29, 0.717) is 6.04 Å². The summed E-state index contributed by atoms with van der Waals surface area (Å²) in [5.74, 6) is 0. The zero-order valence-corrected chi connectivity index (χ0v) is 13.1. The summed E-state index contributed by atoms with van der Waals surface area (Å²) in [7, 11) is 0. The minimum absolute atomic E-state index is 0.213. The molecule has 0 aromatic heterocycles. The van der Waals surface area contributed by atoms with E-state index in [2.05, 4.69) is 63.0 Å². The van der Waals surface area contributed by atoms with Gasteiger partial charge in [-0.05, 0) is 64.3 Å². The van der Waals surface area contributed by atoms with Crippen LogP contribution in [0, 0.1) is 13.8 Å². The molecule has 1 aromatic carbocycles. The van der Waals surface area contributed by atoms with E-state index in [9.17, 15) is 0 Å². The van der Waals surface area contributed by atoms with Crippen LogP contribution in [0.15, 0.2) is 18.2 Å². The van der Waals surface area contributed by atoms with Gasteiger partial charge in [-0.25, -0.2) is 0 Å².